The lowest BCUT2D eigenvalue weighted by molar-refractivity contribution is 0.781. The molecule has 0 fully saturated rings. The van der Waals surface area contributed by atoms with Crippen molar-refractivity contribution in [1.82, 2.24) is 0 Å². The molecule has 0 bridgehead atoms. The molecule has 0 aliphatic heterocycles. The Morgan fingerprint density at radius 3 is 1.44 bits per heavy atom. The molecule has 0 aromatic heterocycles. The molecule has 1 heteroatoms. The first-order valence-electron chi connectivity index (χ1n) is 6.55. The summed E-state index contributed by atoms with van der Waals surface area (Å²) in [5, 5.41) is 1.17. The quantitative estimate of drug-likeness (QED) is 0.485. The molecule has 0 unspecified atom stereocenters. The number of benzene rings is 2. The van der Waals surface area contributed by atoms with E-state index in [1.165, 1.54) is 35.7 Å². The first-order valence-corrected chi connectivity index (χ1v) is 7.67. The summed E-state index contributed by atoms with van der Waals surface area (Å²) in [5.41, 5.74) is 2.55. The zero-order valence-corrected chi connectivity index (χ0v) is 12.6. The van der Waals surface area contributed by atoms with Crippen molar-refractivity contribution in [2.45, 2.75) is 26.2 Å². The van der Waals surface area contributed by atoms with E-state index < -0.39 is 0 Å². The summed E-state index contributed by atoms with van der Waals surface area (Å²) in [6, 6.07) is 20.8. The van der Waals surface area contributed by atoms with E-state index in [0.717, 1.165) is 0 Å². The number of hydrogen-bond acceptors (Lipinski definition) is 0. The van der Waals surface area contributed by atoms with Crippen LogP contribution in [0.2, 0.25) is 0 Å². The number of hydrogen-bond donors (Lipinski definition) is 0. The van der Waals surface area contributed by atoms with Crippen LogP contribution >= 0.6 is 15.9 Å². The monoisotopic (exact) mass is 304 g/mol. The Morgan fingerprint density at radius 2 is 1.17 bits per heavy atom. The SMILES string of the molecule is CCCCCBr.c1ccc(-c2ccccc2)cc1. The number of unbranched alkanes of at least 4 members (excludes halogenated alkanes) is 2. The predicted octanol–water partition coefficient (Wildman–Crippen LogP) is 5.93. The summed E-state index contributed by atoms with van der Waals surface area (Å²) in [7, 11) is 0. The average Bonchev–Trinajstić information content (AvgIpc) is 2.48. The largest absolute Gasteiger partial charge is 0.0928 e. The van der Waals surface area contributed by atoms with Crippen LogP contribution in [0.15, 0.2) is 60.7 Å². The second-order valence-corrected chi connectivity index (χ2v) is 4.92. The van der Waals surface area contributed by atoms with E-state index in [-0.39, 0.29) is 0 Å². The van der Waals surface area contributed by atoms with Crippen LogP contribution in [0.5, 0.6) is 0 Å². The second-order valence-electron chi connectivity index (χ2n) is 4.13. The van der Waals surface area contributed by atoms with Gasteiger partial charge in [-0.15, -0.1) is 0 Å². The van der Waals surface area contributed by atoms with E-state index >= 15 is 0 Å². The molecule has 0 heterocycles. The van der Waals surface area contributed by atoms with Crippen LogP contribution in [0, 0.1) is 0 Å². The maximum atomic E-state index is 3.35. The van der Waals surface area contributed by atoms with Gasteiger partial charge in [0, 0.05) is 5.33 Å². The third-order valence-electron chi connectivity index (χ3n) is 2.62. The highest BCUT2D eigenvalue weighted by Crippen LogP contribution is 2.17. The fraction of sp³-hybridized carbons (Fsp3) is 0.294. The van der Waals surface area contributed by atoms with Gasteiger partial charge in [-0.1, -0.05) is 96.4 Å². The first kappa shape index (κ1) is 15.0. The van der Waals surface area contributed by atoms with Crippen molar-refractivity contribution in [2.24, 2.45) is 0 Å². The third kappa shape index (κ3) is 6.02. The van der Waals surface area contributed by atoms with Crippen molar-refractivity contribution in [3.8, 4) is 11.1 Å². The minimum absolute atomic E-state index is 1.17. The zero-order chi connectivity index (χ0) is 13.1. The van der Waals surface area contributed by atoms with Gasteiger partial charge in [0.2, 0.25) is 0 Å². The number of rotatable bonds is 4. The van der Waals surface area contributed by atoms with Crippen molar-refractivity contribution in [2.75, 3.05) is 5.33 Å². The van der Waals surface area contributed by atoms with Gasteiger partial charge in [0.1, 0.15) is 0 Å². The molecule has 2 aromatic rings. The molecule has 2 aromatic carbocycles. The lowest BCUT2D eigenvalue weighted by Gasteiger charge is -1.98. The van der Waals surface area contributed by atoms with E-state index in [2.05, 4.69) is 71.4 Å². The molecule has 0 atom stereocenters. The Morgan fingerprint density at radius 1 is 0.722 bits per heavy atom. The number of halogens is 1. The van der Waals surface area contributed by atoms with Crippen molar-refractivity contribution < 1.29 is 0 Å². The summed E-state index contributed by atoms with van der Waals surface area (Å²) in [5.74, 6) is 0. The van der Waals surface area contributed by atoms with Crippen LogP contribution < -0.4 is 0 Å². The highest BCUT2D eigenvalue weighted by atomic mass is 79.9. The molecular weight excluding hydrogens is 284 g/mol. The van der Waals surface area contributed by atoms with Crippen molar-refractivity contribution in [3.63, 3.8) is 0 Å². The normalized spacial score (nSPS) is 9.44. The van der Waals surface area contributed by atoms with E-state index in [1.807, 2.05) is 12.1 Å². The van der Waals surface area contributed by atoms with Gasteiger partial charge >= 0.3 is 0 Å². The highest BCUT2D eigenvalue weighted by Gasteiger charge is 1.91. The third-order valence-corrected chi connectivity index (χ3v) is 3.18. The van der Waals surface area contributed by atoms with Gasteiger partial charge < -0.3 is 0 Å². The fourth-order valence-electron chi connectivity index (χ4n) is 1.61. The smallest absolute Gasteiger partial charge is 0.00313 e. The van der Waals surface area contributed by atoms with Crippen LogP contribution in [0.4, 0.5) is 0 Å². The van der Waals surface area contributed by atoms with Crippen LogP contribution in [0.25, 0.3) is 11.1 Å². The van der Waals surface area contributed by atoms with Crippen LogP contribution in [-0.2, 0) is 0 Å². The molecule has 2 rings (SSSR count). The Hall–Kier alpha value is -1.08. The van der Waals surface area contributed by atoms with E-state index in [1.54, 1.807) is 0 Å². The minimum atomic E-state index is 1.17. The molecule has 0 aliphatic carbocycles. The van der Waals surface area contributed by atoms with Gasteiger partial charge in [-0.2, -0.15) is 0 Å². The van der Waals surface area contributed by atoms with E-state index in [9.17, 15) is 0 Å². The zero-order valence-electron chi connectivity index (χ0n) is 11.0. The summed E-state index contributed by atoms with van der Waals surface area (Å²) >= 11 is 3.35. The van der Waals surface area contributed by atoms with Crippen LogP contribution in [0.1, 0.15) is 26.2 Å². The Kier molecular flexibility index (Phi) is 8.24. The molecule has 18 heavy (non-hydrogen) atoms. The molecule has 0 radical (unpaired) electrons. The Balaban J connectivity index is 0.000000232. The maximum absolute atomic E-state index is 3.35. The van der Waals surface area contributed by atoms with Crippen molar-refractivity contribution in [1.29, 1.82) is 0 Å². The lowest BCUT2D eigenvalue weighted by atomic mass is 10.1. The summed E-state index contributed by atoms with van der Waals surface area (Å²) in [6.45, 7) is 2.21. The van der Waals surface area contributed by atoms with Gasteiger partial charge in [-0.3, -0.25) is 0 Å². The Bertz CT molecular complexity index is 353. The standard InChI is InChI=1S/C12H10.C5H11Br/c1-3-7-11(8-4-1)12-9-5-2-6-10-12;1-2-3-4-5-6/h1-10H;2-5H2,1H3. The van der Waals surface area contributed by atoms with Gasteiger partial charge in [-0.25, -0.2) is 0 Å². The molecule has 0 amide bonds. The lowest BCUT2D eigenvalue weighted by Crippen LogP contribution is -1.73. The maximum Gasteiger partial charge on any atom is 0.00313 e. The fourth-order valence-corrected chi connectivity index (χ4v) is 2.00. The molecular formula is C17H21Br. The minimum Gasteiger partial charge on any atom is -0.0928 e. The summed E-state index contributed by atoms with van der Waals surface area (Å²) < 4.78 is 0. The molecule has 96 valence electrons. The second kappa shape index (κ2) is 9.90. The molecule has 0 N–H and O–H groups in total. The van der Waals surface area contributed by atoms with Crippen LogP contribution in [0.3, 0.4) is 0 Å². The predicted molar refractivity (Wildman–Crippen MR) is 85.2 cm³/mol. The topological polar surface area (TPSA) is 0 Å². The molecule has 0 spiro atoms. The molecule has 0 aliphatic rings. The van der Waals surface area contributed by atoms with Crippen molar-refractivity contribution >= 4 is 15.9 Å². The molecule has 0 nitrogen and oxygen atoms in total. The van der Waals surface area contributed by atoms with Gasteiger partial charge in [0.05, 0.1) is 0 Å². The highest BCUT2D eigenvalue weighted by molar-refractivity contribution is 9.09. The van der Waals surface area contributed by atoms with Crippen LogP contribution in [-0.4, -0.2) is 5.33 Å². The molecule has 0 saturated carbocycles. The number of alkyl halides is 1. The van der Waals surface area contributed by atoms with Gasteiger partial charge in [0.15, 0.2) is 0 Å². The van der Waals surface area contributed by atoms with Gasteiger partial charge in [-0.05, 0) is 17.5 Å². The average molecular weight is 305 g/mol. The van der Waals surface area contributed by atoms with E-state index in [4.69, 9.17) is 0 Å². The first-order chi connectivity index (χ1) is 8.88. The molecule has 0 saturated heterocycles. The summed E-state index contributed by atoms with van der Waals surface area (Å²) in [6.07, 6.45) is 4.02. The Labute approximate surface area is 119 Å². The van der Waals surface area contributed by atoms with Crippen molar-refractivity contribution in [3.05, 3.63) is 60.7 Å². The summed E-state index contributed by atoms with van der Waals surface area (Å²) in [4.78, 5) is 0. The van der Waals surface area contributed by atoms with Gasteiger partial charge in [0.25, 0.3) is 0 Å². The van der Waals surface area contributed by atoms with E-state index in [0.29, 0.717) is 0 Å².